The number of nitrogens with zero attached hydrogens (tertiary/aromatic N) is 1. The van der Waals surface area contributed by atoms with E-state index in [4.69, 9.17) is 5.73 Å². The lowest BCUT2D eigenvalue weighted by Crippen LogP contribution is -2.33. The van der Waals surface area contributed by atoms with Gasteiger partial charge in [-0.25, -0.2) is 0 Å². The van der Waals surface area contributed by atoms with Crippen LogP contribution in [0.2, 0.25) is 0 Å². The number of hydrogen-bond donors (Lipinski definition) is 1. The fraction of sp³-hybridized carbons (Fsp3) is 0.462. The number of rotatable bonds is 3. The maximum atomic E-state index is 11.9. The smallest absolute Gasteiger partial charge is 0.224 e. The van der Waals surface area contributed by atoms with Crippen molar-refractivity contribution >= 4 is 21.8 Å². The maximum Gasteiger partial charge on any atom is 0.224 e. The van der Waals surface area contributed by atoms with Gasteiger partial charge in [-0.15, -0.1) is 0 Å². The third-order valence-corrected chi connectivity index (χ3v) is 3.88. The van der Waals surface area contributed by atoms with Crippen LogP contribution in [0.25, 0.3) is 0 Å². The molecule has 1 aliphatic rings. The van der Waals surface area contributed by atoms with E-state index in [2.05, 4.69) is 22.9 Å². The summed E-state index contributed by atoms with van der Waals surface area (Å²) in [6.07, 6.45) is 1.41. The van der Waals surface area contributed by atoms with Crippen molar-refractivity contribution in [3.8, 4) is 0 Å². The molecule has 92 valence electrons. The van der Waals surface area contributed by atoms with Crippen molar-refractivity contribution in [2.75, 3.05) is 6.54 Å². The highest BCUT2D eigenvalue weighted by molar-refractivity contribution is 9.10. The van der Waals surface area contributed by atoms with E-state index in [1.165, 1.54) is 0 Å². The maximum absolute atomic E-state index is 11.9. The first-order valence-electron chi connectivity index (χ1n) is 5.94. The first kappa shape index (κ1) is 12.6. The van der Waals surface area contributed by atoms with Crippen LogP contribution in [0.1, 0.15) is 31.4 Å². The van der Waals surface area contributed by atoms with Gasteiger partial charge < -0.3 is 10.6 Å². The molecule has 0 aromatic heterocycles. The molecule has 0 saturated carbocycles. The van der Waals surface area contributed by atoms with Crippen LogP contribution >= 0.6 is 15.9 Å². The second kappa shape index (κ2) is 5.19. The summed E-state index contributed by atoms with van der Waals surface area (Å²) in [7, 11) is 0. The number of carbonyl (C=O) groups is 1. The SMILES string of the molecule is CCCN1C(=O)CC(N)C1c1ccccc1Br. The first-order chi connectivity index (χ1) is 8.15. The highest BCUT2D eigenvalue weighted by Gasteiger charge is 2.38. The van der Waals surface area contributed by atoms with E-state index < -0.39 is 0 Å². The summed E-state index contributed by atoms with van der Waals surface area (Å²) in [4.78, 5) is 13.8. The summed E-state index contributed by atoms with van der Waals surface area (Å²) in [5, 5.41) is 0. The molecule has 2 atom stereocenters. The average Bonchev–Trinajstić information content (AvgIpc) is 2.56. The Morgan fingerprint density at radius 3 is 2.82 bits per heavy atom. The minimum Gasteiger partial charge on any atom is -0.334 e. The Hall–Kier alpha value is -0.870. The zero-order valence-electron chi connectivity index (χ0n) is 9.90. The molecule has 4 heteroatoms. The van der Waals surface area contributed by atoms with Gasteiger partial charge in [0.25, 0.3) is 0 Å². The lowest BCUT2D eigenvalue weighted by atomic mass is 10.0. The number of likely N-dealkylation sites (tertiary alicyclic amines) is 1. The van der Waals surface area contributed by atoms with E-state index in [0.717, 1.165) is 23.0 Å². The minimum absolute atomic E-state index is 0.0121. The Morgan fingerprint density at radius 1 is 1.47 bits per heavy atom. The van der Waals surface area contributed by atoms with Crippen LogP contribution in [0.5, 0.6) is 0 Å². The lowest BCUT2D eigenvalue weighted by Gasteiger charge is -2.27. The third kappa shape index (κ3) is 2.38. The van der Waals surface area contributed by atoms with E-state index in [9.17, 15) is 4.79 Å². The van der Waals surface area contributed by atoms with Gasteiger partial charge in [0, 0.05) is 23.5 Å². The van der Waals surface area contributed by atoms with E-state index in [1.807, 2.05) is 29.2 Å². The number of carbonyl (C=O) groups excluding carboxylic acids is 1. The summed E-state index contributed by atoms with van der Waals surface area (Å²) in [5.41, 5.74) is 7.22. The Morgan fingerprint density at radius 2 is 2.18 bits per heavy atom. The van der Waals surface area contributed by atoms with E-state index in [-0.39, 0.29) is 18.0 Å². The van der Waals surface area contributed by atoms with Gasteiger partial charge in [-0.1, -0.05) is 41.1 Å². The predicted octanol–water partition coefficient (Wildman–Crippen LogP) is 2.46. The van der Waals surface area contributed by atoms with Crippen LogP contribution in [0.3, 0.4) is 0 Å². The second-order valence-corrected chi connectivity index (χ2v) is 5.28. The predicted molar refractivity (Wildman–Crippen MR) is 71.5 cm³/mol. The van der Waals surface area contributed by atoms with Gasteiger partial charge in [0.1, 0.15) is 0 Å². The molecule has 1 saturated heterocycles. The van der Waals surface area contributed by atoms with Crippen molar-refractivity contribution in [3.63, 3.8) is 0 Å². The number of nitrogens with two attached hydrogens (primary N) is 1. The van der Waals surface area contributed by atoms with Crippen LogP contribution in [0.4, 0.5) is 0 Å². The summed E-state index contributed by atoms with van der Waals surface area (Å²) in [5.74, 6) is 0.167. The lowest BCUT2D eigenvalue weighted by molar-refractivity contribution is -0.129. The van der Waals surface area contributed by atoms with Gasteiger partial charge in [0.2, 0.25) is 5.91 Å². The van der Waals surface area contributed by atoms with Crippen molar-refractivity contribution in [2.45, 2.75) is 31.8 Å². The number of halogens is 1. The van der Waals surface area contributed by atoms with Crippen LogP contribution in [0, 0.1) is 0 Å². The third-order valence-electron chi connectivity index (χ3n) is 3.16. The first-order valence-corrected chi connectivity index (χ1v) is 6.74. The molecule has 0 radical (unpaired) electrons. The highest BCUT2D eigenvalue weighted by Crippen LogP contribution is 2.35. The van der Waals surface area contributed by atoms with Crippen molar-refractivity contribution < 1.29 is 4.79 Å². The molecule has 1 fully saturated rings. The number of amides is 1. The molecular formula is C13H17BrN2O. The summed E-state index contributed by atoms with van der Waals surface area (Å²) < 4.78 is 1.02. The molecule has 1 aliphatic heterocycles. The van der Waals surface area contributed by atoms with Gasteiger partial charge in [0.15, 0.2) is 0 Å². The summed E-state index contributed by atoms with van der Waals surface area (Å²) >= 11 is 3.54. The Labute approximate surface area is 110 Å². The normalized spacial score (nSPS) is 24.4. The number of benzene rings is 1. The van der Waals surface area contributed by atoms with E-state index in [1.54, 1.807) is 0 Å². The monoisotopic (exact) mass is 296 g/mol. The highest BCUT2D eigenvalue weighted by atomic mass is 79.9. The van der Waals surface area contributed by atoms with Crippen LogP contribution in [-0.4, -0.2) is 23.4 Å². The minimum atomic E-state index is -0.104. The molecule has 0 bridgehead atoms. The average molecular weight is 297 g/mol. The molecule has 17 heavy (non-hydrogen) atoms. The largest absolute Gasteiger partial charge is 0.334 e. The molecule has 1 aromatic rings. The Balaban J connectivity index is 2.35. The van der Waals surface area contributed by atoms with Crippen LogP contribution in [0.15, 0.2) is 28.7 Å². The Bertz CT molecular complexity index is 422. The molecule has 3 nitrogen and oxygen atoms in total. The second-order valence-electron chi connectivity index (χ2n) is 4.42. The molecule has 2 unspecified atom stereocenters. The quantitative estimate of drug-likeness (QED) is 0.931. The fourth-order valence-corrected chi connectivity index (χ4v) is 2.95. The van der Waals surface area contributed by atoms with Crippen molar-refractivity contribution in [2.24, 2.45) is 5.73 Å². The van der Waals surface area contributed by atoms with E-state index in [0.29, 0.717) is 6.42 Å². The molecular weight excluding hydrogens is 280 g/mol. The van der Waals surface area contributed by atoms with Crippen molar-refractivity contribution in [3.05, 3.63) is 34.3 Å². The molecule has 1 amide bonds. The summed E-state index contributed by atoms with van der Waals surface area (Å²) in [6, 6.07) is 7.90. The molecule has 1 aromatic carbocycles. The zero-order valence-corrected chi connectivity index (χ0v) is 11.5. The standard InChI is InChI=1S/C13H17BrN2O/c1-2-7-16-12(17)8-11(15)13(16)9-5-3-4-6-10(9)14/h3-6,11,13H,2,7-8,15H2,1H3. The summed E-state index contributed by atoms with van der Waals surface area (Å²) in [6.45, 7) is 2.85. The topological polar surface area (TPSA) is 46.3 Å². The molecule has 0 spiro atoms. The van der Waals surface area contributed by atoms with Gasteiger partial charge in [0.05, 0.1) is 6.04 Å². The van der Waals surface area contributed by atoms with Crippen molar-refractivity contribution in [1.29, 1.82) is 0 Å². The molecule has 0 aliphatic carbocycles. The molecule has 1 heterocycles. The van der Waals surface area contributed by atoms with Gasteiger partial charge >= 0.3 is 0 Å². The van der Waals surface area contributed by atoms with E-state index >= 15 is 0 Å². The molecule has 2 N–H and O–H groups in total. The Kier molecular flexibility index (Phi) is 3.84. The zero-order chi connectivity index (χ0) is 12.4. The van der Waals surface area contributed by atoms with Crippen LogP contribution < -0.4 is 5.73 Å². The fourth-order valence-electron chi connectivity index (χ4n) is 2.43. The van der Waals surface area contributed by atoms with Crippen molar-refractivity contribution in [1.82, 2.24) is 4.90 Å². The van der Waals surface area contributed by atoms with Gasteiger partial charge in [-0.2, -0.15) is 0 Å². The number of hydrogen-bond acceptors (Lipinski definition) is 2. The molecule has 2 rings (SSSR count). The van der Waals surface area contributed by atoms with Crippen LogP contribution in [-0.2, 0) is 4.79 Å². The van der Waals surface area contributed by atoms with Gasteiger partial charge in [-0.3, -0.25) is 4.79 Å². The van der Waals surface area contributed by atoms with Gasteiger partial charge in [-0.05, 0) is 18.1 Å².